The summed E-state index contributed by atoms with van der Waals surface area (Å²) in [5.74, 6) is -1.03. The molecule has 11 heteroatoms. The molecule has 2 aliphatic rings. The third kappa shape index (κ3) is 3.76. The highest BCUT2D eigenvalue weighted by Crippen LogP contribution is 2.34. The van der Waals surface area contributed by atoms with Crippen LogP contribution in [0.1, 0.15) is 10.4 Å². The van der Waals surface area contributed by atoms with Crippen LogP contribution in [0.4, 0.5) is 10.1 Å². The average Bonchev–Trinajstić information content (AvgIpc) is 3.35. The van der Waals surface area contributed by atoms with Crippen molar-refractivity contribution in [3.63, 3.8) is 0 Å². The van der Waals surface area contributed by atoms with Gasteiger partial charge in [0.25, 0.3) is 5.91 Å². The van der Waals surface area contributed by atoms with Gasteiger partial charge in [0.2, 0.25) is 11.5 Å². The molecule has 3 aromatic carbocycles. The zero-order chi connectivity index (χ0) is 27.5. The second-order valence-corrected chi connectivity index (χ2v) is 10.7. The summed E-state index contributed by atoms with van der Waals surface area (Å²) < 4.78 is 29.6. The van der Waals surface area contributed by atoms with Crippen LogP contribution >= 0.6 is 11.3 Å². The van der Waals surface area contributed by atoms with Crippen LogP contribution in [0.25, 0.3) is 25.9 Å². The first kappa shape index (κ1) is 24.4. The molecule has 1 atom stereocenters. The minimum Gasteiger partial charge on any atom is -0.485 e. The van der Waals surface area contributed by atoms with Crippen molar-refractivity contribution in [2.75, 3.05) is 37.7 Å². The number of rotatable bonds is 3. The van der Waals surface area contributed by atoms with Crippen molar-refractivity contribution in [1.29, 1.82) is 0 Å². The number of carboxylic acid groups (broad SMARTS) is 1. The molecule has 1 amide bonds. The fourth-order valence-corrected chi connectivity index (χ4v) is 6.67. The smallest absolute Gasteiger partial charge is 0.342 e. The van der Waals surface area contributed by atoms with Gasteiger partial charge in [-0.2, -0.15) is 0 Å². The van der Waals surface area contributed by atoms with Gasteiger partial charge in [-0.05, 0) is 36.4 Å². The Kier molecular flexibility index (Phi) is 5.63. The number of halogens is 1. The van der Waals surface area contributed by atoms with Crippen molar-refractivity contribution in [1.82, 2.24) is 9.30 Å². The van der Waals surface area contributed by atoms with E-state index in [1.54, 1.807) is 27.5 Å². The molecular weight excluding hydrogens is 537 g/mol. The first-order valence-corrected chi connectivity index (χ1v) is 13.6. The molecule has 1 N–H and O–H groups in total. The van der Waals surface area contributed by atoms with E-state index in [9.17, 15) is 19.5 Å². The first-order valence-electron chi connectivity index (χ1n) is 12.8. The molecular formula is C29H22FN3O6S. The number of pyridine rings is 1. The fraction of sp³-hybridized carbons (Fsp3) is 0.207. The number of aromatic nitrogens is 1. The van der Waals surface area contributed by atoms with E-state index >= 15 is 4.39 Å². The summed E-state index contributed by atoms with van der Waals surface area (Å²) >= 11 is 1.21. The Morgan fingerprint density at radius 2 is 1.68 bits per heavy atom. The number of thiazole rings is 1. The Bertz CT molecular complexity index is 1910. The number of amides is 1. The van der Waals surface area contributed by atoms with Crippen molar-refractivity contribution in [3.05, 3.63) is 82.3 Å². The highest BCUT2D eigenvalue weighted by atomic mass is 32.1. The second-order valence-electron chi connectivity index (χ2n) is 9.72. The predicted molar refractivity (Wildman–Crippen MR) is 149 cm³/mol. The van der Waals surface area contributed by atoms with E-state index in [-0.39, 0.29) is 29.2 Å². The molecule has 2 aromatic heterocycles. The largest absolute Gasteiger partial charge is 0.485 e. The number of carbonyl (C=O) groups is 2. The normalized spacial score (nSPS) is 17.1. The molecule has 9 nitrogen and oxygen atoms in total. The minimum atomic E-state index is -1.35. The molecule has 202 valence electrons. The number of nitrogens with zero attached hydrogens (tertiary/aromatic N) is 3. The molecule has 1 unspecified atom stereocenters. The van der Waals surface area contributed by atoms with Gasteiger partial charge in [-0.1, -0.05) is 24.3 Å². The van der Waals surface area contributed by atoms with Gasteiger partial charge in [-0.3, -0.25) is 14.0 Å². The van der Waals surface area contributed by atoms with E-state index in [0.717, 1.165) is 16.3 Å². The van der Waals surface area contributed by atoms with Gasteiger partial charge in [0.15, 0.2) is 11.5 Å². The number of fused-ring (bicyclic) bond motifs is 6. The third-order valence-corrected chi connectivity index (χ3v) is 8.58. The van der Waals surface area contributed by atoms with Crippen molar-refractivity contribution in [2.45, 2.75) is 6.10 Å². The zero-order valence-corrected chi connectivity index (χ0v) is 21.8. The van der Waals surface area contributed by atoms with Gasteiger partial charge in [0.05, 0.1) is 26.8 Å². The molecule has 0 saturated carbocycles. The topological polar surface area (TPSA) is 101 Å². The van der Waals surface area contributed by atoms with Crippen molar-refractivity contribution < 1.29 is 28.6 Å². The van der Waals surface area contributed by atoms with Crippen LogP contribution in [0.5, 0.6) is 11.5 Å². The maximum atomic E-state index is 15.5. The molecule has 0 bridgehead atoms. The lowest BCUT2D eigenvalue weighted by Gasteiger charge is -2.38. The van der Waals surface area contributed by atoms with E-state index in [0.29, 0.717) is 48.0 Å². The number of hydrogen-bond donors (Lipinski definition) is 1. The highest BCUT2D eigenvalue weighted by molar-refractivity contribution is 7.24. The standard InChI is InChI=1S/C29H22FN3O6S/c30-17-13-16-19(33-18-5-1-4-8-24(18)40-28(33)25(26(16)34)29(36)37)14-20(17)31-9-11-32(12-10-31)27(35)23-15-38-21-6-2-3-7-22(21)39-23/h1-8,13-14,23H,9-12,15H2,(H,36,37). The monoisotopic (exact) mass is 559 g/mol. The number of carbonyl (C=O) groups excluding carboxylic acids is 1. The number of aromatic carboxylic acids is 1. The Morgan fingerprint density at radius 3 is 2.45 bits per heavy atom. The predicted octanol–water partition coefficient (Wildman–Crippen LogP) is 3.99. The van der Waals surface area contributed by atoms with E-state index in [1.807, 2.05) is 41.3 Å². The molecule has 0 aliphatic carbocycles. The summed E-state index contributed by atoms with van der Waals surface area (Å²) in [5.41, 5.74) is 0.371. The Balaban J connectivity index is 1.21. The van der Waals surface area contributed by atoms with Crippen LogP contribution in [-0.2, 0) is 4.79 Å². The Hall–Kier alpha value is -4.64. The van der Waals surface area contributed by atoms with Crippen molar-refractivity contribution in [3.8, 4) is 11.5 Å². The number of hydrogen-bond acceptors (Lipinski definition) is 7. The Labute approximate surface area is 230 Å². The summed E-state index contributed by atoms with van der Waals surface area (Å²) in [5, 5.41) is 9.83. The molecule has 4 heterocycles. The number of piperazine rings is 1. The summed E-state index contributed by atoms with van der Waals surface area (Å²) in [6, 6.07) is 17.3. The van der Waals surface area contributed by atoms with Gasteiger partial charge in [0, 0.05) is 26.2 Å². The lowest BCUT2D eigenvalue weighted by Crippen LogP contribution is -2.54. The number of anilines is 1. The number of benzene rings is 3. The lowest BCUT2D eigenvalue weighted by atomic mass is 10.1. The van der Waals surface area contributed by atoms with Crippen LogP contribution in [0, 0.1) is 5.82 Å². The first-order chi connectivity index (χ1) is 19.4. The van der Waals surface area contributed by atoms with Crippen LogP contribution in [0.3, 0.4) is 0 Å². The van der Waals surface area contributed by atoms with Crippen LogP contribution in [0.2, 0.25) is 0 Å². The van der Waals surface area contributed by atoms with Crippen LogP contribution in [-0.4, -0.2) is 65.2 Å². The fourth-order valence-electron chi connectivity index (χ4n) is 5.48. The van der Waals surface area contributed by atoms with Gasteiger partial charge in [-0.25, -0.2) is 9.18 Å². The number of ether oxygens (including phenoxy) is 2. The second kappa shape index (κ2) is 9.23. The molecule has 2 aliphatic heterocycles. The molecule has 1 fully saturated rings. The highest BCUT2D eigenvalue weighted by Gasteiger charge is 2.33. The molecule has 1 saturated heterocycles. The average molecular weight is 560 g/mol. The quantitative estimate of drug-likeness (QED) is 0.357. The maximum Gasteiger partial charge on any atom is 0.342 e. The zero-order valence-electron chi connectivity index (χ0n) is 21.0. The van der Waals surface area contributed by atoms with Crippen molar-refractivity contribution in [2.24, 2.45) is 0 Å². The Morgan fingerprint density at radius 1 is 0.950 bits per heavy atom. The van der Waals surface area contributed by atoms with E-state index < -0.39 is 23.3 Å². The van der Waals surface area contributed by atoms with Gasteiger partial charge < -0.3 is 24.4 Å². The van der Waals surface area contributed by atoms with Gasteiger partial charge >= 0.3 is 5.97 Å². The van der Waals surface area contributed by atoms with E-state index in [1.165, 1.54) is 11.3 Å². The molecule has 7 rings (SSSR count). The van der Waals surface area contributed by atoms with Gasteiger partial charge in [0.1, 0.15) is 22.8 Å². The number of para-hydroxylation sites is 3. The number of carboxylic acids is 1. The summed E-state index contributed by atoms with van der Waals surface area (Å²) in [7, 11) is 0. The molecule has 40 heavy (non-hydrogen) atoms. The third-order valence-electron chi connectivity index (χ3n) is 7.44. The van der Waals surface area contributed by atoms with E-state index in [2.05, 4.69) is 0 Å². The van der Waals surface area contributed by atoms with Crippen LogP contribution < -0.4 is 19.8 Å². The maximum absolute atomic E-state index is 15.5. The van der Waals surface area contributed by atoms with E-state index in [4.69, 9.17) is 9.47 Å². The summed E-state index contributed by atoms with van der Waals surface area (Å²) in [6.07, 6.45) is -0.755. The van der Waals surface area contributed by atoms with Crippen LogP contribution in [0.15, 0.2) is 65.5 Å². The molecule has 0 spiro atoms. The summed E-state index contributed by atoms with van der Waals surface area (Å²) in [4.78, 5) is 42.3. The summed E-state index contributed by atoms with van der Waals surface area (Å²) in [6.45, 7) is 1.56. The SMILES string of the molecule is O=C(O)c1c(=O)c2cc(F)c(N3CCN(C(=O)C4COc5ccccc5O4)CC3)cc2n2c1sc1ccccc12. The van der Waals surface area contributed by atoms with Gasteiger partial charge in [-0.15, -0.1) is 11.3 Å². The van der Waals surface area contributed by atoms with Crippen molar-refractivity contribution >= 4 is 54.9 Å². The minimum absolute atomic E-state index is 0.00300. The molecule has 5 aromatic rings. The molecule has 0 radical (unpaired) electrons. The lowest BCUT2D eigenvalue weighted by molar-refractivity contribution is -0.141.